The molecule has 3 aromatic carbocycles. The SMILES string of the molecule is C=CCOc1ccc(C=Nn2c(-c3cc(C(C)C)c(OC)cc3C)nc3ccccc3c2=O)cc1OCC. The summed E-state index contributed by atoms with van der Waals surface area (Å²) < 4.78 is 18.5. The van der Waals surface area contributed by atoms with Crippen molar-refractivity contribution < 1.29 is 14.2 Å². The summed E-state index contributed by atoms with van der Waals surface area (Å²) in [7, 11) is 1.67. The quantitative estimate of drug-likeness (QED) is 0.183. The molecule has 1 heterocycles. The highest BCUT2D eigenvalue weighted by molar-refractivity contribution is 5.83. The molecule has 0 saturated heterocycles. The molecule has 7 heteroatoms. The van der Waals surface area contributed by atoms with Gasteiger partial charge >= 0.3 is 0 Å². The average Bonchev–Trinajstić information content (AvgIpc) is 2.91. The maximum Gasteiger partial charge on any atom is 0.282 e. The molecule has 0 aliphatic rings. The number of hydrogen-bond donors (Lipinski definition) is 0. The number of hydrogen-bond acceptors (Lipinski definition) is 6. The van der Waals surface area contributed by atoms with Gasteiger partial charge in [0, 0.05) is 5.56 Å². The van der Waals surface area contributed by atoms with E-state index in [0.29, 0.717) is 41.4 Å². The Balaban J connectivity index is 1.89. The zero-order valence-electron chi connectivity index (χ0n) is 22.5. The fourth-order valence-electron chi connectivity index (χ4n) is 4.24. The molecule has 0 amide bonds. The van der Waals surface area contributed by atoms with Gasteiger partial charge in [0.15, 0.2) is 17.3 Å². The Kier molecular flexibility index (Phi) is 8.26. The number of benzene rings is 3. The topological polar surface area (TPSA) is 74.9 Å². The van der Waals surface area contributed by atoms with Crippen molar-refractivity contribution in [1.29, 1.82) is 0 Å². The standard InChI is InChI=1S/C31H33N3O4/c1-7-15-38-27-14-13-22(17-29(27)37-8-2)19-32-34-30(33-26-12-10-9-11-23(26)31(34)35)25-18-24(20(3)4)28(36-6)16-21(25)5/h7,9-14,16-20H,1,8,15H2,2-6H3. The fourth-order valence-corrected chi connectivity index (χ4v) is 4.24. The molecule has 1 aromatic heterocycles. The maximum atomic E-state index is 13.7. The average molecular weight is 512 g/mol. The monoisotopic (exact) mass is 511 g/mol. The molecule has 38 heavy (non-hydrogen) atoms. The van der Waals surface area contributed by atoms with Crippen molar-refractivity contribution in [3.8, 4) is 28.6 Å². The van der Waals surface area contributed by atoms with Crippen LogP contribution in [0.15, 0.2) is 77.1 Å². The molecule has 0 N–H and O–H groups in total. The fraction of sp³-hybridized carbons (Fsp3) is 0.258. The number of methoxy groups -OCH3 is 1. The number of para-hydroxylation sites is 1. The molecule has 0 spiro atoms. The van der Waals surface area contributed by atoms with Crippen molar-refractivity contribution in [3.63, 3.8) is 0 Å². The second-order valence-corrected chi connectivity index (χ2v) is 9.12. The predicted molar refractivity (Wildman–Crippen MR) is 153 cm³/mol. The molecule has 7 nitrogen and oxygen atoms in total. The molecule has 0 radical (unpaired) electrons. The summed E-state index contributed by atoms with van der Waals surface area (Å²) in [4.78, 5) is 18.6. The van der Waals surface area contributed by atoms with E-state index in [1.54, 1.807) is 25.5 Å². The molecular formula is C31H33N3O4. The van der Waals surface area contributed by atoms with E-state index in [4.69, 9.17) is 19.2 Å². The molecule has 4 aromatic rings. The molecule has 0 atom stereocenters. The normalized spacial score (nSPS) is 11.3. The first kappa shape index (κ1) is 26.7. The van der Waals surface area contributed by atoms with Crippen LogP contribution in [0.1, 0.15) is 43.4 Å². The van der Waals surface area contributed by atoms with Crippen molar-refractivity contribution in [1.82, 2.24) is 9.66 Å². The van der Waals surface area contributed by atoms with Gasteiger partial charge in [0.25, 0.3) is 5.56 Å². The number of ether oxygens (including phenoxy) is 3. The van der Waals surface area contributed by atoms with Gasteiger partial charge in [0.1, 0.15) is 12.4 Å². The molecule has 0 aliphatic heterocycles. The first-order valence-corrected chi connectivity index (χ1v) is 12.6. The van der Waals surface area contributed by atoms with Crippen LogP contribution in [0.25, 0.3) is 22.3 Å². The van der Waals surface area contributed by atoms with Gasteiger partial charge < -0.3 is 14.2 Å². The van der Waals surface area contributed by atoms with Crippen LogP contribution < -0.4 is 19.8 Å². The van der Waals surface area contributed by atoms with Crippen molar-refractivity contribution in [3.05, 3.63) is 94.3 Å². The lowest BCUT2D eigenvalue weighted by Crippen LogP contribution is -2.20. The van der Waals surface area contributed by atoms with Crippen LogP contribution in [0.5, 0.6) is 17.2 Å². The van der Waals surface area contributed by atoms with E-state index in [1.807, 2.05) is 62.4 Å². The Labute approximate surface area is 223 Å². The summed E-state index contributed by atoms with van der Waals surface area (Å²) in [6, 6.07) is 16.8. The third kappa shape index (κ3) is 5.47. The van der Waals surface area contributed by atoms with Gasteiger partial charge in [-0.25, -0.2) is 4.98 Å². The lowest BCUT2D eigenvalue weighted by Gasteiger charge is -2.17. The first-order chi connectivity index (χ1) is 18.4. The van der Waals surface area contributed by atoms with Crippen molar-refractivity contribution in [2.75, 3.05) is 20.3 Å². The van der Waals surface area contributed by atoms with Gasteiger partial charge in [-0.05, 0) is 78.9 Å². The summed E-state index contributed by atoms with van der Waals surface area (Å²) in [5.41, 5.74) is 3.89. The number of aryl methyl sites for hydroxylation is 1. The summed E-state index contributed by atoms with van der Waals surface area (Å²) in [5, 5.41) is 5.12. The molecule has 0 saturated carbocycles. The number of fused-ring (bicyclic) bond motifs is 1. The van der Waals surface area contributed by atoms with E-state index in [9.17, 15) is 4.79 Å². The minimum Gasteiger partial charge on any atom is -0.496 e. The molecule has 0 bridgehead atoms. The molecular weight excluding hydrogens is 478 g/mol. The zero-order valence-corrected chi connectivity index (χ0v) is 22.5. The molecule has 196 valence electrons. The van der Waals surface area contributed by atoms with E-state index < -0.39 is 0 Å². The zero-order chi connectivity index (χ0) is 27.2. The van der Waals surface area contributed by atoms with Gasteiger partial charge in [-0.2, -0.15) is 9.78 Å². The minimum atomic E-state index is -0.251. The summed E-state index contributed by atoms with van der Waals surface area (Å²) in [6.07, 6.45) is 3.31. The van der Waals surface area contributed by atoms with Crippen LogP contribution in [-0.2, 0) is 0 Å². The molecule has 0 unspecified atom stereocenters. The van der Waals surface area contributed by atoms with Crippen LogP contribution in [-0.4, -0.2) is 36.2 Å². The van der Waals surface area contributed by atoms with E-state index in [-0.39, 0.29) is 11.5 Å². The lowest BCUT2D eigenvalue weighted by molar-refractivity contribution is 0.297. The second kappa shape index (κ2) is 11.8. The number of nitrogens with zero attached hydrogens (tertiary/aromatic N) is 3. The van der Waals surface area contributed by atoms with Gasteiger partial charge in [-0.15, -0.1) is 0 Å². The van der Waals surface area contributed by atoms with Gasteiger partial charge in [-0.3, -0.25) is 4.79 Å². The van der Waals surface area contributed by atoms with E-state index in [0.717, 1.165) is 28.0 Å². The highest BCUT2D eigenvalue weighted by Gasteiger charge is 2.18. The predicted octanol–water partition coefficient (Wildman–Crippen LogP) is 6.35. The Morgan fingerprint density at radius 2 is 1.84 bits per heavy atom. The van der Waals surface area contributed by atoms with Crippen LogP contribution >= 0.6 is 0 Å². The van der Waals surface area contributed by atoms with Gasteiger partial charge in [-0.1, -0.05) is 38.6 Å². The highest BCUT2D eigenvalue weighted by atomic mass is 16.5. The van der Waals surface area contributed by atoms with Crippen LogP contribution in [0.3, 0.4) is 0 Å². The van der Waals surface area contributed by atoms with E-state index >= 15 is 0 Å². The lowest BCUT2D eigenvalue weighted by atomic mass is 9.96. The van der Waals surface area contributed by atoms with E-state index in [2.05, 4.69) is 25.5 Å². The summed E-state index contributed by atoms with van der Waals surface area (Å²) >= 11 is 0. The van der Waals surface area contributed by atoms with E-state index in [1.165, 1.54) is 4.68 Å². The Morgan fingerprint density at radius 1 is 1.05 bits per heavy atom. The third-order valence-electron chi connectivity index (χ3n) is 6.14. The maximum absolute atomic E-state index is 13.7. The van der Waals surface area contributed by atoms with Crippen LogP contribution in [0.2, 0.25) is 0 Å². The summed E-state index contributed by atoms with van der Waals surface area (Å²) in [5.74, 6) is 2.69. The second-order valence-electron chi connectivity index (χ2n) is 9.12. The van der Waals surface area contributed by atoms with Crippen LogP contribution in [0.4, 0.5) is 0 Å². The Morgan fingerprint density at radius 3 is 2.55 bits per heavy atom. The Hall–Kier alpha value is -4.39. The number of rotatable bonds is 10. The van der Waals surface area contributed by atoms with Gasteiger partial charge in [0.2, 0.25) is 0 Å². The first-order valence-electron chi connectivity index (χ1n) is 12.6. The largest absolute Gasteiger partial charge is 0.496 e. The minimum absolute atomic E-state index is 0.215. The Bertz CT molecular complexity index is 1550. The van der Waals surface area contributed by atoms with Gasteiger partial charge in [0.05, 0.1) is 30.8 Å². The third-order valence-corrected chi connectivity index (χ3v) is 6.14. The van der Waals surface area contributed by atoms with Crippen molar-refractivity contribution >= 4 is 17.1 Å². The number of aromatic nitrogens is 2. The molecule has 4 rings (SSSR count). The summed E-state index contributed by atoms with van der Waals surface area (Å²) in [6.45, 7) is 12.6. The highest BCUT2D eigenvalue weighted by Crippen LogP contribution is 2.34. The molecule has 0 aliphatic carbocycles. The van der Waals surface area contributed by atoms with Crippen LogP contribution in [0, 0.1) is 6.92 Å². The smallest absolute Gasteiger partial charge is 0.282 e. The van der Waals surface area contributed by atoms with Crippen molar-refractivity contribution in [2.24, 2.45) is 5.10 Å². The van der Waals surface area contributed by atoms with Crippen molar-refractivity contribution in [2.45, 2.75) is 33.6 Å². The molecule has 0 fully saturated rings.